The number of ether oxygens (including phenoxy) is 2. The summed E-state index contributed by atoms with van der Waals surface area (Å²) in [5.74, 6) is 0.261. The molecule has 29 heavy (non-hydrogen) atoms. The number of amides is 2. The SMILES string of the molecule is Cc1cc(CN(C)C(=O)CN2CC3(CCOCC3)Oc3ccccc3C2=O)n[nH]1. The summed E-state index contributed by atoms with van der Waals surface area (Å²) in [7, 11) is 1.73. The molecular formula is C21H26N4O4. The lowest BCUT2D eigenvalue weighted by Gasteiger charge is -2.38. The molecule has 8 heteroatoms. The molecule has 2 aromatic rings. The van der Waals surface area contributed by atoms with Gasteiger partial charge < -0.3 is 19.3 Å². The number of aromatic nitrogens is 2. The van der Waals surface area contributed by atoms with Gasteiger partial charge in [-0.2, -0.15) is 5.10 Å². The molecule has 8 nitrogen and oxygen atoms in total. The van der Waals surface area contributed by atoms with Crippen molar-refractivity contribution in [3.8, 4) is 5.75 Å². The molecule has 0 atom stereocenters. The number of likely N-dealkylation sites (N-methyl/N-ethyl adjacent to an activating group) is 1. The Labute approximate surface area is 169 Å². The van der Waals surface area contributed by atoms with Crippen molar-refractivity contribution in [2.75, 3.05) is 33.4 Å². The van der Waals surface area contributed by atoms with Crippen molar-refractivity contribution in [1.29, 1.82) is 0 Å². The summed E-state index contributed by atoms with van der Waals surface area (Å²) in [5.41, 5.74) is 1.70. The van der Waals surface area contributed by atoms with Crippen LogP contribution in [0, 0.1) is 6.92 Å². The van der Waals surface area contributed by atoms with E-state index in [1.165, 1.54) is 0 Å². The topological polar surface area (TPSA) is 87.8 Å². The van der Waals surface area contributed by atoms with Gasteiger partial charge in [-0.05, 0) is 25.1 Å². The molecule has 3 heterocycles. The minimum atomic E-state index is -0.529. The second-order valence-electron chi connectivity index (χ2n) is 7.85. The van der Waals surface area contributed by atoms with Crippen LogP contribution in [0.3, 0.4) is 0 Å². The Balaban J connectivity index is 1.54. The molecule has 1 spiro atoms. The normalized spacial score (nSPS) is 18.1. The summed E-state index contributed by atoms with van der Waals surface area (Å²) in [4.78, 5) is 29.3. The Bertz CT molecular complexity index is 904. The molecule has 1 aromatic carbocycles. The molecule has 1 aromatic heterocycles. The number of H-pyrrole nitrogens is 1. The van der Waals surface area contributed by atoms with Crippen molar-refractivity contribution in [2.45, 2.75) is 31.9 Å². The van der Waals surface area contributed by atoms with Gasteiger partial charge in [0.15, 0.2) is 0 Å². The number of nitrogens with one attached hydrogen (secondary N) is 1. The van der Waals surface area contributed by atoms with Gasteiger partial charge in [0.25, 0.3) is 5.91 Å². The number of benzene rings is 1. The maximum Gasteiger partial charge on any atom is 0.258 e. The standard InChI is InChI=1S/C21H26N4O4/c1-15-11-16(23-22-15)12-24(2)19(26)13-25-14-21(7-9-28-10-8-21)29-18-6-4-3-5-17(18)20(25)27/h3-6,11H,7-10,12-14H2,1-2H3,(H,22,23). The van der Waals surface area contributed by atoms with Crippen molar-refractivity contribution < 1.29 is 19.1 Å². The van der Waals surface area contributed by atoms with Crippen molar-refractivity contribution >= 4 is 11.8 Å². The Morgan fingerprint density at radius 2 is 2.07 bits per heavy atom. The molecule has 4 rings (SSSR count). The van der Waals surface area contributed by atoms with Crippen LogP contribution >= 0.6 is 0 Å². The quantitative estimate of drug-likeness (QED) is 0.848. The maximum absolute atomic E-state index is 13.2. The first-order chi connectivity index (χ1) is 14.0. The van der Waals surface area contributed by atoms with E-state index >= 15 is 0 Å². The number of aryl methyl sites for hydroxylation is 1. The van der Waals surface area contributed by atoms with E-state index in [0.29, 0.717) is 50.5 Å². The molecule has 0 aliphatic carbocycles. The van der Waals surface area contributed by atoms with Gasteiger partial charge in [-0.25, -0.2) is 0 Å². The Hall–Kier alpha value is -2.87. The van der Waals surface area contributed by atoms with Crippen molar-refractivity contribution in [1.82, 2.24) is 20.0 Å². The fourth-order valence-electron chi connectivity index (χ4n) is 3.89. The molecule has 0 radical (unpaired) electrons. The van der Waals surface area contributed by atoms with Gasteiger partial charge in [-0.15, -0.1) is 0 Å². The van der Waals surface area contributed by atoms with Gasteiger partial charge >= 0.3 is 0 Å². The molecule has 0 unspecified atom stereocenters. The summed E-state index contributed by atoms with van der Waals surface area (Å²) < 4.78 is 11.9. The third kappa shape index (κ3) is 4.12. The van der Waals surface area contributed by atoms with Crippen LogP contribution in [-0.2, 0) is 16.1 Å². The predicted molar refractivity (Wildman–Crippen MR) is 106 cm³/mol. The average Bonchev–Trinajstić information content (AvgIpc) is 3.08. The number of hydrogen-bond donors (Lipinski definition) is 1. The lowest BCUT2D eigenvalue weighted by Crippen LogP contribution is -2.52. The lowest BCUT2D eigenvalue weighted by atomic mass is 9.93. The number of carbonyl (C=O) groups is 2. The van der Waals surface area contributed by atoms with Crippen LogP contribution < -0.4 is 4.74 Å². The van der Waals surface area contributed by atoms with Crippen molar-refractivity contribution in [2.24, 2.45) is 0 Å². The highest BCUT2D eigenvalue weighted by molar-refractivity contribution is 5.99. The molecular weight excluding hydrogens is 372 g/mol. The number of carbonyl (C=O) groups excluding carboxylic acids is 2. The molecule has 2 amide bonds. The van der Waals surface area contributed by atoms with E-state index in [9.17, 15) is 9.59 Å². The highest BCUT2D eigenvalue weighted by atomic mass is 16.5. The largest absolute Gasteiger partial charge is 0.484 e. The first-order valence-electron chi connectivity index (χ1n) is 9.86. The van der Waals surface area contributed by atoms with Crippen LogP contribution in [0.1, 0.15) is 34.6 Å². The van der Waals surface area contributed by atoms with Gasteiger partial charge in [0.05, 0.1) is 37.6 Å². The van der Waals surface area contributed by atoms with Gasteiger partial charge in [0, 0.05) is 25.6 Å². The Kier molecular flexibility index (Phi) is 5.27. The summed E-state index contributed by atoms with van der Waals surface area (Å²) in [6.07, 6.45) is 1.36. The van der Waals surface area contributed by atoms with Crippen LogP contribution in [0.2, 0.25) is 0 Å². The molecule has 0 bridgehead atoms. The summed E-state index contributed by atoms with van der Waals surface area (Å²) in [6, 6.07) is 9.15. The third-order valence-corrected chi connectivity index (χ3v) is 5.52. The van der Waals surface area contributed by atoms with E-state index in [-0.39, 0.29) is 18.4 Å². The monoisotopic (exact) mass is 398 g/mol. The Morgan fingerprint density at radius 1 is 1.31 bits per heavy atom. The first kappa shape index (κ1) is 19.4. The number of para-hydroxylation sites is 1. The van der Waals surface area contributed by atoms with Crippen LogP contribution in [0.4, 0.5) is 0 Å². The first-order valence-corrected chi connectivity index (χ1v) is 9.86. The van der Waals surface area contributed by atoms with Crippen LogP contribution in [0.5, 0.6) is 5.75 Å². The molecule has 154 valence electrons. The minimum Gasteiger partial charge on any atom is -0.484 e. The predicted octanol–water partition coefficient (Wildman–Crippen LogP) is 1.76. The van der Waals surface area contributed by atoms with E-state index in [1.807, 2.05) is 31.2 Å². The van der Waals surface area contributed by atoms with Gasteiger partial charge in [0.1, 0.15) is 17.9 Å². The van der Waals surface area contributed by atoms with Gasteiger partial charge in [-0.3, -0.25) is 14.7 Å². The smallest absolute Gasteiger partial charge is 0.258 e. The van der Waals surface area contributed by atoms with Crippen LogP contribution in [0.25, 0.3) is 0 Å². The number of nitrogens with zero attached hydrogens (tertiary/aromatic N) is 3. The number of aromatic amines is 1. The average molecular weight is 398 g/mol. The summed E-state index contributed by atoms with van der Waals surface area (Å²) in [6.45, 7) is 3.83. The highest BCUT2D eigenvalue weighted by Gasteiger charge is 2.42. The number of fused-ring (bicyclic) bond motifs is 1. The Morgan fingerprint density at radius 3 is 2.79 bits per heavy atom. The zero-order chi connectivity index (χ0) is 20.4. The van der Waals surface area contributed by atoms with Gasteiger partial charge in [0.2, 0.25) is 5.91 Å². The molecule has 1 N–H and O–H groups in total. The third-order valence-electron chi connectivity index (χ3n) is 5.52. The van der Waals surface area contributed by atoms with Crippen molar-refractivity contribution in [3.05, 3.63) is 47.3 Å². The summed E-state index contributed by atoms with van der Waals surface area (Å²) in [5, 5.41) is 7.06. The van der Waals surface area contributed by atoms with E-state index < -0.39 is 5.60 Å². The molecule has 2 aliphatic rings. The zero-order valence-corrected chi connectivity index (χ0v) is 16.8. The fraction of sp³-hybridized carbons (Fsp3) is 0.476. The van der Waals surface area contributed by atoms with Crippen molar-refractivity contribution in [3.63, 3.8) is 0 Å². The number of rotatable bonds is 4. The zero-order valence-electron chi connectivity index (χ0n) is 16.8. The molecule has 0 saturated carbocycles. The highest BCUT2D eigenvalue weighted by Crippen LogP contribution is 2.34. The molecule has 2 aliphatic heterocycles. The number of hydrogen-bond acceptors (Lipinski definition) is 5. The lowest BCUT2D eigenvalue weighted by molar-refractivity contribution is -0.132. The van der Waals surface area contributed by atoms with E-state index in [0.717, 1.165) is 11.4 Å². The van der Waals surface area contributed by atoms with E-state index in [1.54, 1.807) is 22.9 Å². The van der Waals surface area contributed by atoms with E-state index in [4.69, 9.17) is 9.47 Å². The van der Waals surface area contributed by atoms with E-state index in [2.05, 4.69) is 10.2 Å². The van der Waals surface area contributed by atoms with Gasteiger partial charge in [-0.1, -0.05) is 12.1 Å². The molecule has 1 saturated heterocycles. The van der Waals surface area contributed by atoms with Crippen LogP contribution in [-0.4, -0.2) is 70.8 Å². The second-order valence-corrected chi connectivity index (χ2v) is 7.85. The summed E-state index contributed by atoms with van der Waals surface area (Å²) >= 11 is 0. The van der Waals surface area contributed by atoms with Crippen LogP contribution in [0.15, 0.2) is 30.3 Å². The molecule has 1 fully saturated rings. The minimum absolute atomic E-state index is 0.000953. The second kappa shape index (κ2) is 7.87. The fourth-order valence-corrected chi connectivity index (χ4v) is 3.89. The maximum atomic E-state index is 13.2.